The van der Waals surface area contributed by atoms with E-state index in [0.29, 0.717) is 0 Å². The molecule has 21 heavy (non-hydrogen) atoms. The summed E-state index contributed by atoms with van der Waals surface area (Å²) in [5.41, 5.74) is 0. The third-order valence-electron chi connectivity index (χ3n) is 5.57. The van der Waals surface area contributed by atoms with E-state index >= 15 is 0 Å². The first-order valence-corrected chi connectivity index (χ1v) is 9.48. The van der Waals surface area contributed by atoms with Crippen molar-refractivity contribution in [3.63, 3.8) is 0 Å². The summed E-state index contributed by atoms with van der Waals surface area (Å²) in [5, 5.41) is 3.84. The van der Waals surface area contributed by atoms with Gasteiger partial charge in [-0.15, -0.1) is 0 Å². The van der Waals surface area contributed by atoms with E-state index in [1.54, 1.807) is 0 Å². The van der Waals surface area contributed by atoms with Gasteiger partial charge < -0.3 is 10.2 Å². The van der Waals surface area contributed by atoms with Crippen LogP contribution in [0.1, 0.15) is 59.3 Å². The highest BCUT2D eigenvalue weighted by Crippen LogP contribution is 2.30. The molecule has 0 aromatic carbocycles. The van der Waals surface area contributed by atoms with Gasteiger partial charge in [0.1, 0.15) is 0 Å². The summed E-state index contributed by atoms with van der Waals surface area (Å²) >= 11 is 0. The second kappa shape index (κ2) is 9.12. The molecule has 2 fully saturated rings. The van der Waals surface area contributed by atoms with Crippen molar-refractivity contribution in [2.75, 3.05) is 39.3 Å². The minimum Gasteiger partial charge on any atom is -0.312 e. The molecule has 0 spiro atoms. The molecule has 124 valence electrons. The Morgan fingerprint density at radius 3 is 2.33 bits per heavy atom. The molecule has 1 saturated heterocycles. The van der Waals surface area contributed by atoms with Gasteiger partial charge in [-0.2, -0.15) is 0 Å². The predicted molar refractivity (Wildman–Crippen MR) is 91.8 cm³/mol. The number of nitrogens with zero attached hydrogens (tertiary/aromatic N) is 2. The highest BCUT2D eigenvalue weighted by molar-refractivity contribution is 4.92. The summed E-state index contributed by atoms with van der Waals surface area (Å²) in [4.78, 5) is 5.45. The Morgan fingerprint density at radius 1 is 0.952 bits per heavy atom. The molecule has 0 aromatic rings. The second-order valence-electron chi connectivity index (χ2n) is 7.09. The van der Waals surface area contributed by atoms with Crippen LogP contribution in [0.4, 0.5) is 0 Å². The Kier molecular flexibility index (Phi) is 7.48. The maximum Gasteiger partial charge on any atom is 0.0253 e. The quantitative estimate of drug-likeness (QED) is 0.779. The van der Waals surface area contributed by atoms with E-state index in [0.717, 1.165) is 18.0 Å². The third-order valence-corrected chi connectivity index (χ3v) is 5.57. The highest BCUT2D eigenvalue weighted by atomic mass is 15.3. The molecule has 1 aliphatic carbocycles. The van der Waals surface area contributed by atoms with Gasteiger partial charge in [-0.1, -0.05) is 27.2 Å². The van der Waals surface area contributed by atoms with Gasteiger partial charge >= 0.3 is 0 Å². The zero-order valence-electron chi connectivity index (χ0n) is 14.6. The number of hydrogen-bond acceptors (Lipinski definition) is 3. The molecule has 0 amide bonds. The van der Waals surface area contributed by atoms with E-state index in [2.05, 4.69) is 35.9 Å². The molecule has 2 rings (SSSR count). The molecule has 2 aliphatic rings. The fourth-order valence-corrected chi connectivity index (χ4v) is 4.21. The third kappa shape index (κ3) is 4.94. The summed E-state index contributed by atoms with van der Waals surface area (Å²) in [6.45, 7) is 14.6. The van der Waals surface area contributed by atoms with E-state index in [9.17, 15) is 0 Å². The van der Waals surface area contributed by atoms with E-state index in [1.807, 2.05) is 0 Å². The molecule has 3 unspecified atom stereocenters. The molecule has 0 bridgehead atoms. The van der Waals surface area contributed by atoms with Crippen LogP contribution in [0, 0.1) is 5.92 Å². The topological polar surface area (TPSA) is 18.5 Å². The van der Waals surface area contributed by atoms with Crippen LogP contribution in [-0.4, -0.2) is 61.2 Å². The molecular weight excluding hydrogens is 258 g/mol. The van der Waals surface area contributed by atoms with E-state index in [-0.39, 0.29) is 0 Å². The minimum absolute atomic E-state index is 0.741. The summed E-state index contributed by atoms with van der Waals surface area (Å²) in [7, 11) is 0. The largest absolute Gasteiger partial charge is 0.312 e. The smallest absolute Gasteiger partial charge is 0.0253 e. The van der Waals surface area contributed by atoms with Gasteiger partial charge in [0, 0.05) is 38.3 Å². The molecule has 0 radical (unpaired) electrons. The Hall–Kier alpha value is -0.120. The normalized spacial score (nSPS) is 32.4. The zero-order chi connectivity index (χ0) is 15.1. The Morgan fingerprint density at radius 2 is 1.71 bits per heavy atom. The van der Waals surface area contributed by atoms with Crippen molar-refractivity contribution in [2.45, 2.75) is 71.4 Å². The lowest BCUT2D eigenvalue weighted by Gasteiger charge is -2.46. The lowest BCUT2D eigenvalue weighted by atomic mass is 9.80. The average Bonchev–Trinajstić information content (AvgIpc) is 2.54. The summed E-state index contributed by atoms with van der Waals surface area (Å²) in [6.07, 6.45) is 8.16. The van der Waals surface area contributed by atoms with Crippen LogP contribution >= 0.6 is 0 Å². The van der Waals surface area contributed by atoms with Gasteiger partial charge in [0.15, 0.2) is 0 Å². The maximum atomic E-state index is 3.84. The van der Waals surface area contributed by atoms with Crippen LogP contribution in [0.25, 0.3) is 0 Å². The molecule has 1 aliphatic heterocycles. The number of hydrogen-bond donors (Lipinski definition) is 1. The number of rotatable bonds is 7. The van der Waals surface area contributed by atoms with Crippen molar-refractivity contribution < 1.29 is 0 Å². The molecule has 3 atom stereocenters. The van der Waals surface area contributed by atoms with Crippen LogP contribution in [0.15, 0.2) is 0 Å². The molecule has 1 heterocycles. The van der Waals surface area contributed by atoms with Crippen molar-refractivity contribution in [1.29, 1.82) is 0 Å². The summed E-state index contributed by atoms with van der Waals surface area (Å²) in [5.74, 6) is 0.961. The number of piperazine rings is 1. The minimum atomic E-state index is 0.741. The molecular formula is C18H37N3. The van der Waals surface area contributed by atoms with Gasteiger partial charge in [-0.3, -0.25) is 4.90 Å². The van der Waals surface area contributed by atoms with Gasteiger partial charge in [0.2, 0.25) is 0 Å². The maximum absolute atomic E-state index is 3.84. The first-order valence-electron chi connectivity index (χ1n) is 9.48. The lowest BCUT2D eigenvalue weighted by Crippen LogP contribution is -2.58. The van der Waals surface area contributed by atoms with Gasteiger partial charge in [0.25, 0.3) is 0 Å². The number of nitrogens with one attached hydrogen (secondary N) is 1. The predicted octanol–water partition coefficient (Wildman–Crippen LogP) is 2.96. The standard InChI is InChI=1S/C18H37N3/c1-4-9-19-17-8-7-16(6-3)15-18(17)21-13-11-20(10-5-2)12-14-21/h16-19H,4-15H2,1-3H3. The Balaban J connectivity index is 1.89. The first kappa shape index (κ1) is 17.2. The fraction of sp³-hybridized carbons (Fsp3) is 1.00. The fourth-order valence-electron chi connectivity index (χ4n) is 4.21. The van der Waals surface area contributed by atoms with Crippen LogP contribution in [0.3, 0.4) is 0 Å². The van der Waals surface area contributed by atoms with Crippen LogP contribution in [0.2, 0.25) is 0 Å². The van der Waals surface area contributed by atoms with Crippen molar-refractivity contribution >= 4 is 0 Å². The van der Waals surface area contributed by atoms with Gasteiger partial charge in [-0.25, -0.2) is 0 Å². The zero-order valence-corrected chi connectivity index (χ0v) is 14.6. The van der Waals surface area contributed by atoms with Crippen molar-refractivity contribution in [3.05, 3.63) is 0 Å². The first-order chi connectivity index (χ1) is 10.3. The van der Waals surface area contributed by atoms with Crippen molar-refractivity contribution in [3.8, 4) is 0 Å². The molecule has 1 saturated carbocycles. The van der Waals surface area contributed by atoms with E-state index < -0.39 is 0 Å². The Labute approximate surface area is 132 Å². The average molecular weight is 296 g/mol. The summed E-state index contributed by atoms with van der Waals surface area (Å²) in [6, 6.07) is 1.53. The Bertz CT molecular complexity index is 274. The lowest BCUT2D eigenvalue weighted by molar-refractivity contribution is 0.0473. The van der Waals surface area contributed by atoms with Crippen LogP contribution < -0.4 is 5.32 Å². The van der Waals surface area contributed by atoms with Crippen LogP contribution in [-0.2, 0) is 0 Å². The summed E-state index contributed by atoms with van der Waals surface area (Å²) < 4.78 is 0. The molecule has 1 N–H and O–H groups in total. The molecule has 3 nitrogen and oxygen atoms in total. The van der Waals surface area contributed by atoms with Gasteiger partial charge in [0.05, 0.1) is 0 Å². The van der Waals surface area contributed by atoms with Crippen molar-refractivity contribution in [2.24, 2.45) is 5.92 Å². The molecule has 3 heteroatoms. The highest BCUT2D eigenvalue weighted by Gasteiger charge is 2.34. The van der Waals surface area contributed by atoms with E-state index in [4.69, 9.17) is 0 Å². The second-order valence-corrected chi connectivity index (χ2v) is 7.09. The van der Waals surface area contributed by atoms with E-state index in [1.165, 1.54) is 77.8 Å². The molecule has 0 aromatic heterocycles. The van der Waals surface area contributed by atoms with Gasteiger partial charge in [-0.05, 0) is 51.1 Å². The van der Waals surface area contributed by atoms with Crippen molar-refractivity contribution in [1.82, 2.24) is 15.1 Å². The monoisotopic (exact) mass is 295 g/mol. The van der Waals surface area contributed by atoms with Crippen LogP contribution in [0.5, 0.6) is 0 Å². The SMILES string of the molecule is CCCNC1CCC(CC)CC1N1CCN(CCC)CC1.